The SMILES string of the molecule is COc1cccc(NOCc2cccc(F)c2)c1. The first-order chi connectivity index (χ1) is 8.78. The molecule has 0 saturated carbocycles. The second kappa shape index (κ2) is 6.02. The summed E-state index contributed by atoms with van der Waals surface area (Å²) in [6.45, 7) is 0.287. The molecule has 18 heavy (non-hydrogen) atoms. The molecule has 0 aliphatic carbocycles. The summed E-state index contributed by atoms with van der Waals surface area (Å²) in [4.78, 5) is 5.29. The van der Waals surface area contributed by atoms with Crippen LogP contribution in [0.1, 0.15) is 5.56 Å². The van der Waals surface area contributed by atoms with Crippen molar-refractivity contribution in [3.8, 4) is 5.75 Å². The van der Waals surface area contributed by atoms with E-state index in [-0.39, 0.29) is 12.4 Å². The van der Waals surface area contributed by atoms with Crippen LogP contribution in [0.3, 0.4) is 0 Å². The molecule has 0 heterocycles. The van der Waals surface area contributed by atoms with Crippen molar-refractivity contribution < 1.29 is 14.0 Å². The number of hydrogen-bond acceptors (Lipinski definition) is 3. The molecule has 0 aromatic heterocycles. The van der Waals surface area contributed by atoms with Crippen molar-refractivity contribution in [2.24, 2.45) is 0 Å². The Morgan fingerprint density at radius 1 is 1.11 bits per heavy atom. The third-order valence-corrected chi connectivity index (χ3v) is 2.39. The lowest BCUT2D eigenvalue weighted by molar-refractivity contribution is 0.180. The molecule has 2 aromatic rings. The van der Waals surface area contributed by atoms with Gasteiger partial charge in [0.2, 0.25) is 0 Å². The molecule has 0 fully saturated rings. The molecule has 2 rings (SSSR count). The normalized spacial score (nSPS) is 10.1. The quantitative estimate of drug-likeness (QED) is 0.822. The van der Waals surface area contributed by atoms with Crippen LogP contribution < -0.4 is 10.2 Å². The number of benzene rings is 2. The van der Waals surface area contributed by atoms with E-state index < -0.39 is 0 Å². The van der Waals surface area contributed by atoms with Gasteiger partial charge in [-0.15, -0.1) is 0 Å². The summed E-state index contributed by atoms with van der Waals surface area (Å²) >= 11 is 0. The smallest absolute Gasteiger partial charge is 0.123 e. The van der Waals surface area contributed by atoms with Gasteiger partial charge in [-0.05, 0) is 29.8 Å². The van der Waals surface area contributed by atoms with Crippen molar-refractivity contribution in [2.45, 2.75) is 6.61 Å². The average molecular weight is 247 g/mol. The molecule has 94 valence electrons. The molecule has 0 radical (unpaired) electrons. The van der Waals surface area contributed by atoms with E-state index in [0.717, 1.165) is 17.0 Å². The Morgan fingerprint density at radius 3 is 2.72 bits per heavy atom. The van der Waals surface area contributed by atoms with Gasteiger partial charge in [0.25, 0.3) is 0 Å². The zero-order valence-corrected chi connectivity index (χ0v) is 10.0. The number of rotatable bonds is 5. The van der Waals surface area contributed by atoms with Gasteiger partial charge in [0, 0.05) is 6.07 Å². The zero-order chi connectivity index (χ0) is 12.8. The molecular weight excluding hydrogens is 233 g/mol. The predicted molar refractivity (Wildman–Crippen MR) is 67.8 cm³/mol. The van der Waals surface area contributed by atoms with E-state index in [2.05, 4.69) is 5.48 Å². The summed E-state index contributed by atoms with van der Waals surface area (Å²) < 4.78 is 18.0. The number of ether oxygens (including phenoxy) is 1. The molecule has 0 spiro atoms. The fraction of sp³-hybridized carbons (Fsp3) is 0.143. The highest BCUT2D eigenvalue weighted by molar-refractivity contribution is 5.46. The van der Waals surface area contributed by atoms with Gasteiger partial charge in [-0.3, -0.25) is 10.3 Å². The Balaban J connectivity index is 1.88. The van der Waals surface area contributed by atoms with Gasteiger partial charge in [0.1, 0.15) is 11.6 Å². The molecule has 1 N–H and O–H groups in total. The molecule has 0 atom stereocenters. The maximum absolute atomic E-state index is 12.9. The van der Waals surface area contributed by atoms with E-state index in [1.165, 1.54) is 12.1 Å². The summed E-state index contributed by atoms with van der Waals surface area (Å²) in [5.41, 5.74) is 4.34. The highest BCUT2D eigenvalue weighted by atomic mass is 19.1. The first-order valence-electron chi connectivity index (χ1n) is 5.54. The summed E-state index contributed by atoms with van der Waals surface area (Å²) in [6, 6.07) is 13.7. The molecule has 0 saturated heterocycles. The number of halogens is 1. The van der Waals surface area contributed by atoms with Crippen LogP contribution in [0, 0.1) is 5.82 Å². The van der Waals surface area contributed by atoms with E-state index >= 15 is 0 Å². The molecule has 4 heteroatoms. The first-order valence-corrected chi connectivity index (χ1v) is 5.54. The third-order valence-electron chi connectivity index (χ3n) is 2.39. The summed E-state index contributed by atoms with van der Waals surface area (Å²) in [6.07, 6.45) is 0. The van der Waals surface area contributed by atoms with E-state index in [1.54, 1.807) is 19.2 Å². The Hall–Kier alpha value is -2.07. The van der Waals surface area contributed by atoms with Gasteiger partial charge in [-0.1, -0.05) is 18.2 Å². The monoisotopic (exact) mass is 247 g/mol. The largest absolute Gasteiger partial charge is 0.497 e. The molecular formula is C14H14FNO2. The van der Waals surface area contributed by atoms with Crippen LogP contribution in [0.15, 0.2) is 48.5 Å². The van der Waals surface area contributed by atoms with Crippen LogP contribution in [0.5, 0.6) is 5.75 Å². The molecule has 0 bridgehead atoms. The highest BCUT2D eigenvalue weighted by Gasteiger charge is 1.97. The Kier molecular flexibility index (Phi) is 4.15. The standard InChI is InChI=1S/C14H14FNO2/c1-17-14-7-3-6-13(9-14)16-18-10-11-4-2-5-12(15)8-11/h2-9,16H,10H2,1H3. The maximum Gasteiger partial charge on any atom is 0.123 e. The van der Waals surface area contributed by atoms with E-state index in [1.807, 2.05) is 24.3 Å². The van der Waals surface area contributed by atoms with Crippen molar-refractivity contribution in [3.05, 3.63) is 59.9 Å². The number of methoxy groups -OCH3 is 1. The second-order valence-electron chi connectivity index (χ2n) is 3.75. The van der Waals surface area contributed by atoms with Crippen molar-refractivity contribution in [1.29, 1.82) is 0 Å². The Labute approximate surface area is 105 Å². The van der Waals surface area contributed by atoms with Crippen LogP contribution in [0.4, 0.5) is 10.1 Å². The topological polar surface area (TPSA) is 30.5 Å². The molecule has 0 unspecified atom stereocenters. The van der Waals surface area contributed by atoms with Gasteiger partial charge in [-0.2, -0.15) is 0 Å². The first kappa shape index (κ1) is 12.4. The van der Waals surface area contributed by atoms with Gasteiger partial charge in [0.05, 0.1) is 19.4 Å². The molecule has 0 aliphatic heterocycles. The third kappa shape index (κ3) is 3.46. The Bertz CT molecular complexity index is 517. The fourth-order valence-electron chi connectivity index (χ4n) is 1.52. The lowest BCUT2D eigenvalue weighted by atomic mass is 10.2. The minimum Gasteiger partial charge on any atom is -0.497 e. The zero-order valence-electron chi connectivity index (χ0n) is 10.0. The lowest BCUT2D eigenvalue weighted by Gasteiger charge is -2.08. The van der Waals surface area contributed by atoms with Crippen molar-refractivity contribution >= 4 is 5.69 Å². The number of hydrogen-bond donors (Lipinski definition) is 1. The number of nitrogens with one attached hydrogen (secondary N) is 1. The second-order valence-corrected chi connectivity index (χ2v) is 3.75. The van der Waals surface area contributed by atoms with Crippen LogP contribution in [0.25, 0.3) is 0 Å². The van der Waals surface area contributed by atoms with E-state index in [9.17, 15) is 4.39 Å². The van der Waals surface area contributed by atoms with Crippen molar-refractivity contribution in [1.82, 2.24) is 0 Å². The molecule has 3 nitrogen and oxygen atoms in total. The van der Waals surface area contributed by atoms with Crippen LogP contribution in [-0.4, -0.2) is 7.11 Å². The van der Waals surface area contributed by atoms with Gasteiger partial charge < -0.3 is 4.74 Å². The fourth-order valence-corrected chi connectivity index (χ4v) is 1.52. The predicted octanol–water partition coefficient (Wildman–Crippen LogP) is 3.38. The minimum absolute atomic E-state index is 0.266. The number of anilines is 1. The lowest BCUT2D eigenvalue weighted by Crippen LogP contribution is -2.01. The molecule has 0 amide bonds. The van der Waals surface area contributed by atoms with Gasteiger partial charge >= 0.3 is 0 Å². The summed E-state index contributed by atoms with van der Waals surface area (Å²) in [7, 11) is 1.60. The molecule has 0 aliphatic rings. The summed E-state index contributed by atoms with van der Waals surface area (Å²) in [5, 5.41) is 0. The minimum atomic E-state index is -0.266. The molecule has 2 aromatic carbocycles. The van der Waals surface area contributed by atoms with E-state index in [4.69, 9.17) is 9.57 Å². The maximum atomic E-state index is 12.9. The Morgan fingerprint density at radius 2 is 1.94 bits per heavy atom. The van der Waals surface area contributed by atoms with Crippen LogP contribution >= 0.6 is 0 Å². The van der Waals surface area contributed by atoms with Crippen LogP contribution in [-0.2, 0) is 11.4 Å². The summed E-state index contributed by atoms with van der Waals surface area (Å²) in [5.74, 6) is 0.479. The van der Waals surface area contributed by atoms with Crippen molar-refractivity contribution in [2.75, 3.05) is 12.6 Å². The van der Waals surface area contributed by atoms with Crippen molar-refractivity contribution in [3.63, 3.8) is 0 Å². The van der Waals surface area contributed by atoms with Crippen LogP contribution in [0.2, 0.25) is 0 Å². The van der Waals surface area contributed by atoms with Gasteiger partial charge in [0.15, 0.2) is 0 Å². The highest BCUT2D eigenvalue weighted by Crippen LogP contribution is 2.17. The van der Waals surface area contributed by atoms with Gasteiger partial charge in [-0.25, -0.2) is 4.39 Å². The average Bonchev–Trinajstić information content (AvgIpc) is 2.39. The van der Waals surface area contributed by atoms with E-state index in [0.29, 0.717) is 0 Å².